The van der Waals surface area contributed by atoms with Crippen LogP contribution in [0.4, 0.5) is 5.00 Å². The van der Waals surface area contributed by atoms with Crippen LogP contribution in [0.1, 0.15) is 42.9 Å². The van der Waals surface area contributed by atoms with Gasteiger partial charge in [0.2, 0.25) is 0 Å². The quantitative estimate of drug-likeness (QED) is 0.686. The standard InChI is InChI=1S/C19H22N2O6S/c1-6-27-19(24)15-10(2)14(17(23)20-3)18(28-15)21-16(22)11-7-8-12(25-4)13(9-11)26-5/h7-9H,6H2,1-5H3,(H,20,23)(H,21,22). The van der Waals surface area contributed by atoms with E-state index in [-0.39, 0.29) is 22.0 Å². The predicted octanol–water partition coefficient (Wildman–Crippen LogP) is 2.86. The molecule has 2 aromatic rings. The van der Waals surface area contributed by atoms with E-state index in [4.69, 9.17) is 14.2 Å². The molecule has 0 aliphatic rings. The summed E-state index contributed by atoms with van der Waals surface area (Å²) in [6.07, 6.45) is 0. The topological polar surface area (TPSA) is 103 Å². The van der Waals surface area contributed by atoms with Gasteiger partial charge in [-0.1, -0.05) is 0 Å². The highest BCUT2D eigenvalue weighted by atomic mass is 32.1. The van der Waals surface area contributed by atoms with E-state index in [1.165, 1.54) is 27.3 Å². The Balaban J connectivity index is 2.41. The molecule has 0 fully saturated rings. The fourth-order valence-corrected chi connectivity index (χ4v) is 3.64. The lowest BCUT2D eigenvalue weighted by Crippen LogP contribution is -2.21. The molecule has 1 aromatic heterocycles. The van der Waals surface area contributed by atoms with Gasteiger partial charge in [0, 0.05) is 12.6 Å². The van der Waals surface area contributed by atoms with Crippen molar-refractivity contribution in [2.75, 3.05) is 33.2 Å². The van der Waals surface area contributed by atoms with Crippen LogP contribution in [0.15, 0.2) is 18.2 Å². The first kappa shape index (κ1) is 21.2. The van der Waals surface area contributed by atoms with Crippen molar-refractivity contribution in [3.05, 3.63) is 39.8 Å². The molecule has 0 aliphatic carbocycles. The molecule has 0 aliphatic heterocycles. The van der Waals surface area contributed by atoms with Gasteiger partial charge in [0.25, 0.3) is 11.8 Å². The molecular formula is C19H22N2O6S. The first-order valence-corrected chi connectivity index (χ1v) is 9.25. The normalized spacial score (nSPS) is 10.2. The number of carbonyl (C=O) groups is 3. The lowest BCUT2D eigenvalue weighted by atomic mass is 10.1. The molecule has 0 saturated carbocycles. The SMILES string of the molecule is CCOC(=O)c1sc(NC(=O)c2ccc(OC)c(OC)c2)c(C(=O)NC)c1C. The minimum atomic E-state index is -0.540. The van der Waals surface area contributed by atoms with Gasteiger partial charge in [-0.2, -0.15) is 0 Å². The Bertz CT molecular complexity index is 906. The maximum absolute atomic E-state index is 12.7. The third-order valence-electron chi connectivity index (χ3n) is 3.93. The van der Waals surface area contributed by atoms with Crippen molar-refractivity contribution in [3.63, 3.8) is 0 Å². The molecule has 0 spiro atoms. The Labute approximate surface area is 166 Å². The lowest BCUT2D eigenvalue weighted by Gasteiger charge is -2.10. The average Bonchev–Trinajstić information content (AvgIpc) is 3.02. The highest BCUT2D eigenvalue weighted by molar-refractivity contribution is 7.18. The molecule has 8 nitrogen and oxygen atoms in total. The Hall–Kier alpha value is -3.07. The fourth-order valence-electron chi connectivity index (χ4n) is 2.54. The van der Waals surface area contributed by atoms with Crippen molar-refractivity contribution in [1.29, 1.82) is 0 Å². The molecule has 0 unspecified atom stereocenters. The second kappa shape index (κ2) is 9.23. The van der Waals surface area contributed by atoms with E-state index >= 15 is 0 Å². The van der Waals surface area contributed by atoms with E-state index in [9.17, 15) is 14.4 Å². The van der Waals surface area contributed by atoms with Crippen molar-refractivity contribution < 1.29 is 28.6 Å². The van der Waals surface area contributed by atoms with Gasteiger partial charge in [-0.05, 0) is 37.6 Å². The molecule has 0 saturated heterocycles. The van der Waals surface area contributed by atoms with Gasteiger partial charge in [-0.15, -0.1) is 11.3 Å². The van der Waals surface area contributed by atoms with Gasteiger partial charge < -0.3 is 24.8 Å². The van der Waals surface area contributed by atoms with E-state index < -0.39 is 17.8 Å². The highest BCUT2D eigenvalue weighted by Crippen LogP contribution is 2.34. The number of esters is 1. The summed E-state index contributed by atoms with van der Waals surface area (Å²) in [6.45, 7) is 3.54. The number of rotatable bonds is 7. The minimum absolute atomic E-state index is 0.207. The summed E-state index contributed by atoms with van der Waals surface area (Å²) in [4.78, 5) is 37.5. The Morgan fingerprint density at radius 1 is 1.07 bits per heavy atom. The zero-order valence-electron chi connectivity index (χ0n) is 16.3. The van der Waals surface area contributed by atoms with Crippen LogP contribution in [0.25, 0.3) is 0 Å². The number of carbonyl (C=O) groups excluding carboxylic acids is 3. The molecule has 2 rings (SSSR count). The molecule has 0 radical (unpaired) electrons. The predicted molar refractivity (Wildman–Crippen MR) is 106 cm³/mol. The van der Waals surface area contributed by atoms with Gasteiger partial charge in [0.05, 0.1) is 26.4 Å². The highest BCUT2D eigenvalue weighted by Gasteiger charge is 2.26. The average molecular weight is 406 g/mol. The number of ether oxygens (including phenoxy) is 3. The van der Waals surface area contributed by atoms with Crippen LogP contribution in [0.3, 0.4) is 0 Å². The first-order valence-electron chi connectivity index (χ1n) is 8.43. The van der Waals surface area contributed by atoms with Crippen LogP contribution in [0, 0.1) is 6.92 Å². The summed E-state index contributed by atoms with van der Waals surface area (Å²) >= 11 is 0.995. The monoisotopic (exact) mass is 406 g/mol. The van der Waals surface area contributed by atoms with Gasteiger partial charge in [-0.3, -0.25) is 9.59 Å². The summed E-state index contributed by atoms with van der Waals surface area (Å²) in [7, 11) is 4.44. The fraction of sp³-hybridized carbons (Fsp3) is 0.316. The van der Waals surface area contributed by atoms with E-state index in [0.717, 1.165) is 11.3 Å². The van der Waals surface area contributed by atoms with Gasteiger partial charge in [0.1, 0.15) is 9.88 Å². The maximum atomic E-state index is 12.7. The molecule has 9 heteroatoms. The van der Waals surface area contributed by atoms with Crippen LogP contribution in [-0.2, 0) is 4.74 Å². The van der Waals surface area contributed by atoms with Crippen LogP contribution in [0.2, 0.25) is 0 Å². The van der Waals surface area contributed by atoms with Crippen LogP contribution >= 0.6 is 11.3 Å². The smallest absolute Gasteiger partial charge is 0.348 e. The molecule has 1 aromatic carbocycles. The minimum Gasteiger partial charge on any atom is -0.493 e. The molecule has 150 valence electrons. The molecule has 0 atom stereocenters. The van der Waals surface area contributed by atoms with Crippen molar-refractivity contribution in [2.24, 2.45) is 0 Å². The Morgan fingerprint density at radius 3 is 2.32 bits per heavy atom. The van der Waals surface area contributed by atoms with E-state index in [1.54, 1.807) is 26.0 Å². The lowest BCUT2D eigenvalue weighted by molar-refractivity contribution is 0.0531. The summed E-state index contributed by atoms with van der Waals surface area (Å²) in [5.41, 5.74) is 0.985. The summed E-state index contributed by atoms with van der Waals surface area (Å²) in [6, 6.07) is 4.71. The second-order valence-electron chi connectivity index (χ2n) is 5.58. The van der Waals surface area contributed by atoms with Crippen molar-refractivity contribution in [3.8, 4) is 11.5 Å². The van der Waals surface area contributed by atoms with E-state index in [0.29, 0.717) is 22.6 Å². The van der Waals surface area contributed by atoms with E-state index in [2.05, 4.69) is 10.6 Å². The second-order valence-corrected chi connectivity index (χ2v) is 6.60. The number of hydrogen-bond acceptors (Lipinski definition) is 7. The van der Waals surface area contributed by atoms with Crippen molar-refractivity contribution in [1.82, 2.24) is 5.32 Å². The third kappa shape index (κ3) is 4.25. The Morgan fingerprint density at radius 2 is 1.75 bits per heavy atom. The molecule has 1 heterocycles. The number of anilines is 1. The number of hydrogen-bond donors (Lipinski definition) is 2. The van der Waals surface area contributed by atoms with Gasteiger partial charge >= 0.3 is 5.97 Å². The molecule has 2 N–H and O–H groups in total. The van der Waals surface area contributed by atoms with Crippen LogP contribution < -0.4 is 20.1 Å². The number of amides is 2. The first-order chi connectivity index (χ1) is 13.4. The molecule has 28 heavy (non-hydrogen) atoms. The largest absolute Gasteiger partial charge is 0.493 e. The van der Waals surface area contributed by atoms with Crippen LogP contribution in [-0.4, -0.2) is 45.7 Å². The number of methoxy groups -OCH3 is 2. The maximum Gasteiger partial charge on any atom is 0.348 e. The van der Waals surface area contributed by atoms with Crippen molar-refractivity contribution in [2.45, 2.75) is 13.8 Å². The molecule has 0 bridgehead atoms. The summed E-state index contributed by atoms with van der Waals surface area (Å²) in [5, 5.41) is 5.49. The van der Waals surface area contributed by atoms with Gasteiger partial charge in [0.15, 0.2) is 11.5 Å². The van der Waals surface area contributed by atoms with E-state index in [1.807, 2.05) is 0 Å². The number of thiophene rings is 1. The molecule has 2 amide bonds. The van der Waals surface area contributed by atoms with Gasteiger partial charge in [-0.25, -0.2) is 4.79 Å². The van der Waals surface area contributed by atoms with Crippen molar-refractivity contribution >= 4 is 34.1 Å². The number of nitrogens with one attached hydrogen (secondary N) is 2. The molecular weight excluding hydrogens is 384 g/mol. The zero-order valence-corrected chi connectivity index (χ0v) is 17.1. The van der Waals surface area contributed by atoms with Crippen LogP contribution in [0.5, 0.6) is 11.5 Å². The summed E-state index contributed by atoms with van der Waals surface area (Å²) < 4.78 is 15.4. The zero-order chi connectivity index (χ0) is 20.8. The Kier molecular flexibility index (Phi) is 7.00. The summed E-state index contributed by atoms with van der Waals surface area (Å²) in [5.74, 6) is -0.519. The third-order valence-corrected chi connectivity index (χ3v) is 5.12. The number of benzene rings is 1.